The van der Waals surface area contributed by atoms with Crippen molar-refractivity contribution in [1.29, 1.82) is 0 Å². The maximum absolute atomic E-state index is 13.5. The van der Waals surface area contributed by atoms with Crippen molar-refractivity contribution >= 4 is 15.4 Å². The van der Waals surface area contributed by atoms with Crippen molar-refractivity contribution < 1.29 is 40.0 Å². The fraction of sp³-hybridized carbons (Fsp3) is 0.417. The molecule has 1 N–H and O–H groups in total. The number of hydrogen-bond acceptors (Lipinski definition) is 4. The van der Waals surface area contributed by atoms with Crippen molar-refractivity contribution in [2.75, 3.05) is 20.8 Å². The highest BCUT2D eigenvalue weighted by atomic mass is 28.3. The summed E-state index contributed by atoms with van der Waals surface area (Å²) >= 11 is 0. The molecule has 0 radical (unpaired) electrons. The maximum Gasteiger partial charge on any atom is 0.483 e. The molecule has 0 aliphatic carbocycles. The Kier molecular flexibility index (Phi) is 7.06. The van der Waals surface area contributed by atoms with Crippen LogP contribution in [0.25, 0.3) is 0 Å². The Labute approximate surface area is 130 Å². The van der Waals surface area contributed by atoms with Crippen LogP contribution in [0.3, 0.4) is 0 Å². The minimum absolute atomic E-state index is 0.255. The molecule has 0 heterocycles. The summed E-state index contributed by atoms with van der Waals surface area (Å²) in [6.07, 6.45) is -0.670. The van der Waals surface area contributed by atoms with Gasteiger partial charge in [0.25, 0.3) is 5.91 Å². The van der Waals surface area contributed by atoms with E-state index in [0.717, 1.165) is 0 Å². The lowest BCUT2D eigenvalue weighted by molar-refractivity contribution is 0.0817. The van der Waals surface area contributed by atoms with E-state index >= 15 is 0 Å². The first-order valence-electron chi connectivity index (χ1n) is 6.25. The number of benzene rings is 1. The van der Waals surface area contributed by atoms with Crippen LogP contribution in [-0.4, -0.2) is 42.3 Å². The third-order valence-electron chi connectivity index (χ3n) is 2.72. The minimum Gasteiger partial charge on any atom is -0.379 e. The Morgan fingerprint density at radius 2 is 1.43 bits per heavy atom. The Hall–Kier alpha value is -1.56. The molecular weight excluding hydrogens is 345 g/mol. The minimum atomic E-state index is -2.40. The second kappa shape index (κ2) is 8.33. The van der Waals surface area contributed by atoms with Gasteiger partial charge in [-0.3, -0.25) is 4.79 Å². The van der Waals surface area contributed by atoms with Crippen molar-refractivity contribution in [1.82, 2.24) is 5.32 Å². The molecule has 0 aliphatic heterocycles. The predicted octanol–water partition coefficient (Wildman–Crippen LogP) is 1.53. The van der Waals surface area contributed by atoms with Gasteiger partial charge in [0.2, 0.25) is 5.82 Å². The molecule has 5 nitrogen and oxygen atoms in total. The smallest absolute Gasteiger partial charge is 0.379 e. The van der Waals surface area contributed by atoms with E-state index in [1.54, 1.807) is 0 Å². The monoisotopic (exact) mass is 359 g/mol. The highest BCUT2D eigenvalue weighted by Gasteiger charge is 2.29. The lowest BCUT2D eigenvalue weighted by atomic mass is 10.1. The van der Waals surface area contributed by atoms with Gasteiger partial charge in [-0.2, -0.15) is 0 Å². The highest BCUT2D eigenvalue weighted by Crippen LogP contribution is 2.22. The summed E-state index contributed by atoms with van der Waals surface area (Å²) in [5.74, 6) is -12.6. The van der Waals surface area contributed by atoms with E-state index in [-0.39, 0.29) is 6.54 Å². The van der Waals surface area contributed by atoms with Gasteiger partial charge in [0.05, 0.1) is 6.10 Å². The first kappa shape index (κ1) is 19.5. The third-order valence-corrected chi connectivity index (χ3v) is 4.17. The summed E-state index contributed by atoms with van der Waals surface area (Å²) in [7, 11) is 0.297. The summed E-state index contributed by atoms with van der Waals surface area (Å²) < 4.78 is 80.8. The number of amides is 1. The average Bonchev–Trinajstić information content (AvgIpc) is 2.54. The Morgan fingerprint density at radius 1 is 1.00 bits per heavy atom. The van der Waals surface area contributed by atoms with Crippen LogP contribution in [0.5, 0.6) is 0 Å². The molecule has 11 heteroatoms. The summed E-state index contributed by atoms with van der Waals surface area (Å²) in [6, 6.07) is 0. The molecule has 23 heavy (non-hydrogen) atoms. The van der Waals surface area contributed by atoms with Gasteiger partial charge in [-0.1, -0.05) is 0 Å². The standard InChI is InChI=1S/C12H14F5NO4Si/c1-5(22-23(20-2)21-3)4-18-12(19)6-7(13)9(15)11(17)10(16)8(6)14/h5,23H,4H2,1-3H3,(H,18,19). The molecule has 0 bridgehead atoms. The van der Waals surface area contributed by atoms with Crippen molar-refractivity contribution in [3.8, 4) is 0 Å². The van der Waals surface area contributed by atoms with Crippen LogP contribution >= 0.6 is 0 Å². The molecule has 0 saturated heterocycles. The van der Waals surface area contributed by atoms with Crippen LogP contribution in [0.15, 0.2) is 0 Å². The quantitative estimate of drug-likeness (QED) is 0.347. The van der Waals surface area contributed by atoms with E-state index < -0.39 is 56.2 Å². The van der Waals surface area contributed by atoms with Gasteiger partial charge in [0.1, 0.15) is 5.56 Å². The van der Waals surface area contributed by atoms with Crippen LogP contribution in [0.4, 0.5) is 22.0 Å². The number of carbonyl (C=O) groups is 1. The van der Waals surface area contributed by atoms with Crippen LogP contribution in [0, 0.1) is 29.1 Å². The van der Waals surface area contributed by atoms with Gasteiger partial charge in [0.15, 0.2) is 23.3 Å². The van der Waals surface area contributed by atoms with Crippen LogP contribution in [0.2, 0.25) is 0 Å². The molecule has 1 rings (SSSR count). The number of nitrogens with one attached hydrogen (secondary N) is 1. The number of halogens is 5. The largest absolute Gasteiger partial charge is 0.483 e. The molecule has 1 aromatic rings. The molecule has 0 aliphatic rings. The zero-order valence-electron chi connectivity index (χ0n) is 12.4. The molecule has 1 unspecified atom stereocenters. The van der Waals surface area contributed by atoms with E-state index in [1.165, 1.54) is 21.1 Å². The van der Waals surface area contributed by atoms with E-state index in [0.29, 0.717) is 0 Å². The zero-order valence-corrected chi connectivity index (χ0v) is 13.5. The molecule has 130 valence electrons. The normalized spacial score (nSPS) is 12.6. The lowest BCUT2D eigenvalue weighted by Gasteiger charge is -2.18. The Balaban J connectivity index is 2.84. The molecular formula is C12H14F5NO4Si. The number of rotatable bonds is 7. The summed E-state index contributed by atoms with van der Waals surface area (Å²) in [5, 5.41) is 2.02. The van der Waals surface area contributed by atoms with Crippen molar-refractivity contribution in [3.05, 3.63) is 34.6 Å². The van der Waals surface area contributed by atoms with Crippen molar-refractivity contribution in [2.24, 2.45) is 0 Å². The number of carbonyl (C=O) groups excluding carboxylic acids is 1. The molecule has 0 aromatic heterocycles. The summed E-state index contributed by atoms with van der Waals surface area (Å²) in [6.45, 7) is 1.24. The number of hydrogen-bond donors (Lipinski definition) is 1. The fourth-order valence-corrected chi connectivity index (χ4v) is 2.46. The van der Waals surface area contributed by atoms with E-state index in [1.807, 2.05) is 5.32 Å². The van der Waals surface area contributed by atoms with Gasteiger partial charge in [0, 0.05) is 20.8 Å². The van der Waals surface area contributed by atoms with Gasteiger partial charge in [-0.25, -0.2) is 22.0 Å². The van der Waals surface area contributed by atoms with Gasteiger partial charge >= 0.3 is 9.53 Å². The first-order chi connectivity index (χ1) is 10.7. The topological polar surface area (TPSA) is 56.8 Å². The van der Waals surface area contributed by atoms with Gasteiger partial charge < -0.3 is 18.6 Å². The van der Waals surface area contributed by atoms with E-state index in [9.17, 15) is 26.7 Å². The summed E-state index contributed by atoms with van der Waals surface area (Å²) in [4.78, 5) is 11.7. The molecule has 0 spiro atoms. The second-order valence-electron chi connectivity index (χ2n) is 4.36. The van der Waals surface area contributed by atoms with Crippen molar-refractivity contribution in [2.45, 2.75) is 13.0 Å². The lowest BCUT2D eigenvalue weighted by Crippen LogP contribution is -2.38. The molecule has 1 aromatic carbocycles. The summed E-state index contributed by atoms with van der Waals surface area (Å²) in [5.41, 5.74) is -1.55. The van der Waals surface area contributed by atoms with Gasteiger partial charge in [-0.05, 0) is 6.92 Å². The predicted molar refractivity (Wildman–Crippen MR) is 70.3 cm³/mol. The maximum atomic E-state index is 13.5. The van der Waals surface area contributed by atoms with Crippen LogP contribution < -0.4 is 5.32 Å². The van der Waals surface area contributed by atoms with Gasteiger partial charge in [-0.15, -0.1) is 0 Å². The molecule has 0 fully saturated rings. The van der Waals surface area contributed by atoms with Crippen LogP contribution in [0.1, 0.15) is 17.3 Å². The van der Waals surface area contributed by atoms with Crippen LogP contribution in [-0.2, 0) is 13.3 Å². The third kappa shape index (κ3) is 4.47. The average molecular weight is 359 g/mol. The first-order valence-corrected chi connectivity index (χ1v) is 7.66. The fourth-order valence-electron chi connectivity index (χ4n) is 1.57. The molecule has 1 atom stereocenters. The van der Waals surface area contributed by atoms with Crippen molar-refractivity contribution in [3.63, 3.8) is 0 Å². The molecule has 0 saturated carbocycles. The SMILES string of the molecule is CO[SiH](OC)OC(C)CNC(=O)c1c(F)c(F)c(F)c(F)c1F. The van der Waals surface area contributed by atoms with E-state index in [4.69, 9.17) is 13.3 Å². The second-order valence-corrected chi connectivity index (χ2v) is 6.15. The Morgan fingerprint density at radius 3 is 1.87 bits per heavy atom. The molecule has 1 amide bonds. The van der Waals surface area contributed by atoms with E-state index in [2.05, 4.69) is 0 Å². The zero-order chi connectivity index (χ0) is 17.7. The highest BCUT2D eigenvalue weighted by molar-refractivity contribution is 6.36. The Bertz CT molecular complexity index is 556.